The summed E-state index contributed by atoms with van der Waals surface area (Å²) >= 11 is 1.55. The Balaban J connectivity index is 1.31. The largest absolute Gasteiger partial charge is 0.335 e. The molecule has 1 amide bonds. The maximum absolute atomic E-state index is 13.3. The zero-order valence-corrected chi connectivity index (χ0v) is 18.8. The van der Waals surface area contributed by atoms with Gasteiger partial charge in [-0.15, -0.1) is 11.3 Å². The highest BCUT2D eigenvalue weighted by Crippen LogP contribution is 2.40. The standard InChI is InChI=1S/C24H28N4OS/c1-15-6-4-5-7-19(15)14-27-10-12-28(13-11-27)24(29)21-16(2)20-17(3)25-22(18-8-9-18)26-23(20)30-21/h4-7,18H,8-14H2,1-3H3. The van der Waals surface area contributed by atoms with Crippen LogP contribution in [0.15, 0.2) is 24.3 Å². The van der Waals surface area contributed by atoms with E-state index < -0.39 is 0 Å². The van der Waals surface area contributed by atoms with Gasteiger partial charge in [0.05, 0.1) is 10.6 Å². The fourth-order valence-corrected chi connectivity index (χ4v) is 5.58. The van der Waals surface area contributed by atoms with Crippen molar-refractivity contribution in [1.82, 2.24) is 19.8 Å². The molecule has 5 rings (SSSR count). The lowest BCUT2D eigenvalue weighted by Gasteiger charge is -2.35. The second kappa shape index (κ2) is 7.75. The van der Waals surface area contributed by atoms with Gasteiger partial charge in [-0.1, -0.05) is 24.3 Å². The Bertz CT molecular complexity index is 1110. The van der Waals surface area contributed by atoms with Crippen molar-refractivity contribution in [2.45, 2.75) is 46.1 Å². The van der Waals surface area contributed by atoms with Gasteiger partial charge in [-0.05, 0) is 50.3 Å². The number of aromatic nitrogens is 2. The third-order valence-electron chi connectivity index (χ3n) is 6.44. The predicted octanol–water partition coefficient (Wildman–Crippen LogP) is 4.45. The van der Waals surface area contributed by atoms with Gasteiger partial charge in [-0.2, -0.15) is 0 Å². The van der Waals surface area contributed by atoms with Crippen LogP contribution in [0.25, 0.3) is 10.2 Å². The molecule has 0 unspecified atom stereocenters. The lowest BCUT2D eigenvalue weighted by atomic mass is 10.1. The van der Waals surface area contributed by atoms with E-state index in [1.807, 2.05) is 18.7 Å². The van der Waals surface area contributed by atoms with Crippen LogP contribution in [0, 0.1) is 20.8 Å². The van der Waals surface area contributed by atoms with E-state index in [9.17, 15) is 4.79 Å². The summed E-state index contributed by atoms with van der Waals surface area (Å²) in [5, 5.41) is 1.07. The first-order valence-electron chi connectivity index (χ1n) is 10.8. The maximum atomic E-state index is 13.3. The van der Waals surface area contributed by atoms with Crippen LogP contribution in [0.3, 0.4) is 0 Å². The van der Waals surface area contributed by atoms with Crippen LogP contribution in [-0.4, -0.2) is 51.9 Å². The van der Waals surface area contributed by atoms with E-state index in [1.165, 1.54) is 24.0 Å². The summed E-state index contributed by atoms with van der Waals surface area (Å²) in [5.74, 6) is 1.64. The van der Waals surface area contributed by atoms with Crippen molar-refractivity contribution in [3.8, 4) is 0 Å². The van der Waals surface area contributed by atoms with Crippen LogP contribution in [-0.2, 0) is 6.54 Å². The van der Waals surface area contributed by atoms with E-state index in [-0.39, 0.29) is 5.91 Å². The minimum Gasteiger partial charge on any atom is -0.335 e. The Hall–Kier alpha value is -2.31. The lowest BCUT2D eigenvalue weighted by molar-refractivity contribution is 0.0632. The van der Waals surface area contributed by atoms with Crippen LogP contribution in [0.1, 0.15) is 56.6 Å². The number of amides is 1. The average molecular weight is 421 g/mol. The van der Waals surface area contributed by atoms with E-state index in [2.05, 4.69) is 36.1 Å². The molecule has 2 aromatic heterocycles. The first kappa shape index (κ1) is 19.6. The topological polar surface area (TPSA) is 49.3 Å². The number of nitrogens with zero attached hydrogens (tertiary/aromatic N) is 4. The van der Waals surface area contributed by atoms with Gasteiger partial charge in [0.15, 0.2) is 0 Å². The van der Waals surface area contributed by atoms with Crippen molar-refractivity contribution in [2.24, 2.45) is 0 Å². The number of rotatable bonds is 4. The summed E-state index contributed by atoms with van der Waals surface area (Å²) in [6.45, 7) is 10.6. The molecule has 0 atom stereocenters. The van der Waals surface area contributed by atoms with Gasteiger partial charge in [0.2, 0.25) is 0 Å². The van der Waals surface area contributed by atoms with Crippen LogP contribution >= 0.6 is 11.3 Å². The summed E-state index contributed by atoms with van der Waals surface area (Å²) in [5.41, 5.74) is 4.76. The van der Waals surface area contributed by atoms with E-state index >= 15 is 0 Å². The first-order valence-corrected chi connectivity index (χ1v) is 11.7. The summed E-state index contributed by atoms with van der Waals surface area (Å²) in [6.07, 6.45) is 2.38. The second-order valence-corrected chi connectivity index (χ2v) is 9.67. The van der Waals surface area contributed by atoms with Gasteiger partial charge in [0.1, 0.15) is 10.7 Å². The molecule has 156 valence electrons. The van der Waals surface area contributed by atoms with E-state index in [0.29, 0.717) is 5.92 Å². The quantitative estimate of drug-likeness (QED) is 0.626. The molecule has 0 radical (unpaired) electrons. The van der Waals surface area contributed by atoms with Gasteiger partial charge in [0.25, 0.3) is 5.91 Å². The van der Waals surface area contributed by atoms with Crippen LogP contribution < -0.4 is 0 Å². The van der Waals surface area contributed by atoms with E-state index in [1.54, 1.807) is 11.3 Å². The van der Waals surface area contributed by atoms with Crippen LogP contribution in [0.5, 0.6) is 0 Å². The highest BCUT2D eigenvalue weighted by Gasteiger charge is 2.30. The first-order chi connectivity index (χ1) is 14.5. The Morgan fingerprint density at radius 1 is 1.07 bits per heavy atom. The average Bonchev–Trinajstić information content (AvgIpc) is 3.53. The number of piperazine rings is 1. The van der Waals surface area contributed by atoms with Crippen molar-refractivity contribution >= 4 is 27.5 Å². The smallest absolute Gasteiger partial charge is 0.264 e. The number of hydrogen-bond acceptors (Lipinski definition) is 5. The zero-order valence-electron chi connectivity index (χ0n) is 17.9. The number of carbonyl (C=O) groups is 1. The van der Waals surface area contributed by atoms with Gasteiger partial charge >= 0.3 is 0 Å². The van der Waals surface area contributed by atoms with Crippen molar-refractivity contribution < 1.29 is 4.79 Å². The molecule has 1 aliphatic heterocycles. The fraction of sp³-hybridized carbons (Fsp3) is 0.458. The molecule has 5 nitrogen and oxygen atoms in total. The van der Waals surface area contributed by atoms with Gasteiger partial charge in [-0.3, -0.25) is 9.69 Å². The van der Waals surface area contributed by atoms with Crippen molar-refractivity contribution in [3.63, 3.8) is 0 Å². The highest BCUT2D eigenvalue weighted by atomic mass is 32.1. The molecule has 0 bridgehead atoms. The molecule has 0 spiro atoms. The van der Waals surface area contributed by atoms with E-state index in [4.69, 9.17) is 9.97 Å². The van der Waals surface area contributed by atoms with Crippen molar-refractivity contribution in [3.05, 3.63) is 57.4 Å². The molecule has 1 saturated heterocycles. The third kappa shape index (κ3) is 3.63. The Morgan fingerprint density at radius 3 is 2.50 bits per heavy atom. The summed E-state index contributed by atoms with van der Waals surface area (Å²) in [6, 6.07) is 8.56. The van der Waals surface area contributed by atoms with Crippen molar-refractivity contribution in [1.29, 1.82) is 0 Å². The molecule has 2 fully saturated rings. The zero-order chi connectivity index (χ0) is 20.8. The number of aryl methyl sites for hydroxylation is 3. The number of benzene rings is 1. The molecule has 1 saturated carbocycles. The molecule has 0 N–H and O–H groups in total. The van der Waals surface area contributed by atoms with Crippen molar-refractivity contribution in [2.75, 3.05) is 26.2 Å². The van der Waals surface area contributed by atoms with E-state index in [0.717, 1.165) is 64.9 Å². The lowest BCUT2D eigenvalue weighted by Crippen LogP contribution is -2.48. The molecular weight excluding hydrogens is 392 g/mol. The minimum atomic E-state index is 0.151. The number of fused-ring (bicyclic) bond motifs is 1. The second-order valence-electron chi connectivity index (χ2n) is 8.67. The predicted molar refractivity (Wildman–Crippen MR) is 121 cm³/mol. The molecule has 30 heavy (non-hydrogen) atoms. The fourth-order valence-electron chi connectivity index (χ4n) is 4.37. The Labute approximate surface area is 181 Å². The normalized spacial score (nSPS) is 17.6. The SMILES string of the molecule is Cc1ccccc1CN1CCN(C(=O)c2sc3nc(C4CC4)nc(C)c3c2C)CC1. The van der Waals surface area contributed by atoms with Crippen LogP contribution in [0.2, 0.25) is 0 Å². The molecular formula is C24H28N4OS. The molecule has 6 heteroatoms. The van der Waals surface area contributed by atoms with Crippen LogP contribution in [0.4, 0.5) is 0 Å². The van der Waals surface area contributed by atoms with Gasteiger partial charge < -0.3 is 4.90 Å². The summed E-state index contributed by atoms with van der Waals surface area (Å²) in [4.78, 5) is 29.1. The number of carbonyl (C=O) groups excluding carboxylic acids is 1. The number of hydrogen-bond donors (Lipinski definition) is 0. The van der Waals surface area contributed by atoms with Gasteiger partial charge in [0, 0.05) is 44.0 Å². The third-order valence-corrected chi connectivity index (χ3v) is 7.61. The molecule has 1 aliphatic carbocycles. The monoisotopic (exact) mass is 420 g/mol. The summed E-state index contributed by atoms with van der Waals surface area (Å²) in [7, 11) is 0. The van der Waals surface area contributed by atoms with Gasteiger partial charge in [-0.25, -0.2) is 9.97 Å². The molecule has 3 aromatic rings. The summed E-state index contributed by atoms with van der Waals surface area (Å²) < 4.78 is 0. The minimum absolute atomic E-state index is 0.151. The molecule has 1 aromatic carbocycles. The molecule has 2 aliphatic rings. The Morgan fingerprint density at radius 2 is 1.80 bits per heavy atom. The number of thiophene rings is 1. The molecule has 3 heterocycles. The Kier molecular flexibility index (Phi) is 5.07. The highest BCUT2D eigenvalue weighted by molar-refractivity contribution is 7.20. The maximum Gasteiger partial charge on any atom is 0.264 e.